The highest BCUT2D eigenvalue weighted by atomic mass is 35.5. The van der Waals surface area contributed by atoms with Crippen LogP contribution in [-0.2, 0) is 43.7 Å². The molecular weight excluding hydrogens is 720 g/mol. The van der Waals surface area contributed by atoms with E-state index in [1.54, 1.807) is 25.4 Å². The van der Waals surface area contributed by atoms with Gasteiger partial charge in [0.1, 0.15) is 22.3 Å². The maximum atomic E-state index is 14.6. The van der Waals surface area contributed by atoms with Crippen LogP contribution in [0.25, 0.3) is 0 Å². The second-order valence-corrected chi connectivity index (χ2v) is 18.7. The molecule has 1 aliphatic carbocycles. The van der Waals surface area contributed by atoms with E-state index in [1.165, 1.54) is 11.1 Å². The highest BCUT2D eigenvalue weighted by molar-refractivity contribution is 8.00. The van der Waals surface area contributed by atoms with Crippen molar-refractivity contribution in [1.82, 2.24) is 9.29 Å². The van der Waals surface area contributed by atoms with Gasteiger partial charge in [-0.25, -0.2) is 4.21 Å². The lowest BCUT2D eigenvalue weighted by Gasteiger charge is -2.45. The van der Waals surface area contributed by atoms with E-state index in [9.17, 15) is 13.8 Å². The van der Waals surface area contributed by atoms with Crippen LogP contribution in [0, 0.1) is 17.8 Å². The van der Waals surface area contributed by atoms with Crippen molar-refractivity contribution in [3.63, 3.8) is 0 Å². The fourth-order valence-corrected chi connectivity index (χ4v) is 11.9. The van der Waals surface area contributed by atoms with Crippen molar-refractivity contribution in [1.29, 1.82) is 0 Å². The van der Waals surface area contributed by atoms with Crippen LogP contribution >= 0.6 is 23.4 Å². The standard InChI is InChI=1S/C39H45ClN4O6S2/c1-25-4-3-5-35(48-2)32-9-6-28(32)19-44-23-39(33-10-8-30(40)16-26(33)12-15-51-39)24-50-36-11-7-27(18-34(36)44)37(45)41-52(47,22-25)42-38(46)29-17-31-21-49-14-13-43(31)20-29/h3,5,7-8,10-11,16-18,20,25,28,32,35H,4,6,9,12-15,19,21-24H2,1-2H3,(H,41,42,45,46,47)/b5-3+/t25-,28-,32+,35-,39+,52?/m0/s1. The highest BCUT2D eigenvalue weighted by Crippen LogP contribution is 2.49. The van der Waals surface area contributed by atoms with Crippen molar-refractivity contribution in [2.75, 3.05) is 49.8 Å². The molecule has 2 bridgehead atoms. The van der Waals surface area contributed by atoms with Crippen LogP contribution in [0.2, 0.25) is 5.02 Å². The molecule has 13 heteroatoms. The van der Waals surface area contributed by atoms with Crippen LogP contribution < -0.4 is 14.4 Å². The minimum absolute atomic E-state index is 0.0124. The summed E-state index contributed by atoms with van der Waals surface area (Å²) in [4.78, 5) is 30.0. The summed E-state index contributed by atoms with van der Waals surface area (Å²) in [6, 6.07) is 13.3. The molecule has 0 saturated heterocycles. The van der Waals surface area contributed by atoms with Gasteiger partial charge in [-0.2, -0.15) is 0 Å². The molecule has 1 fully saturated rings. The van der Waals surface area contributed by atoms with Gasteiger partial charge in [-0.1, -0.05) is 36.7 Å². The number of thioether (sulfide) groups is 1. The molecule has 0 radical (unpaired) electrons. The lowest BCUT2D eigenvalue weighted by molar-refractivity contribution is 0.0134. The molecule has 5 heterocycles. The zero-order valence-corrected chi connectivity index (χ0v) is 31.9. The molecule has 1 saturated carbocycles. The number of carbonyl (C=O) groups is 2. The molecule has 4 aliphatic heterocycles. The number of anilines is 1. The Labute approximate surface area is 314 Å². The van der Waals surface area contributed by atoms with E-state index in [0.29, 0.717) is 68.0 Å². The van der Waals surface area contributed by atoms with Gasteiger partial charge in [-0.3, -0.25) is 14.3 Å². The summed E-state index contributed by atoms with van der Waals surface area (Å²) in [5, 5.41) is 0.732. The number of allylic oxidation sites excluding steroid dienone is 1. The lowest BCUT2D eigenvalue weighted by atomic mass is 9.70. The van der Waals surface area contributed by atoms with E-state index in [4.69, 9.17) is 25.8 Å². The van der Waals surface area contributed by atoms with E-state index in [0.717, 1.165) is 48.0 Å². The summed E-state index contributed by atoms with van der Waals surface area (Å²) < 4.78 is 41.5. The number of aryl methyl sites for hydroxylation is 1. The van der Waals surface area contributed by atoms with Crippen LogP contribution in [0.15, 0.2) is 65.2 Å². The van der Waals surface area contributed by atoms with Crippen molar-refractivity contribution in [2.45, 2.75) is 56.6 Å². The monoisotopic (exact) mass is 764 g/mol. The lowest BCUT2D eigenvalue weighted by Crippen LogP contribution is -2.48. The average molecular weight is 765 g/mol. The highest BCUT2D eigenvalue weighted by Gasteiger charge is 2.45. The van der Waals surface area contributed by atoms with Crippen molar-refractivity contribution in [3.05, 3.63) is 93.8 Å². The van der Waals surface area contributed by atoms with Crippen LogP contribution in [0.3, 0.4) is 0 Å². The molecule has 1 aromatic heterocycles. The van der Waals surface area contributed by atoms with E-state index >= 15 is 0 Å². The largest absolute Gasteiger partial charge is 0.490 e. The molecule has 1 N–H and O–H groups in total. The molecule has 1 spiro atoms. The number of rotatable bonds is 3. The predicted octanol–water partition coefficient (Wildman–Crippen LogP) is 6.65. The third-order valence-corrected chi connectivity index (χ3v) is 14.9. The van der Waals surface area contributed by atoms with Crippen LogP contribution in [0.4, 0.5) is 5.69 Å². The molecule has 2 amide bonds. The zero-order valence-electron chi connectivity index (χ0n) is 29.6. The Kier molecular flexibility index (Phi) is 9.97. The van der Waals surface area contributed by atoms with Crippen molar-refractivity contribution >= 4 is 50.8 Å². The van der Waals surface area contributed by atoms with Gasteiger partial charge in [0.15, 0.2) is 0 Å². The van der Waals surface area contributed by atoms with Gasteiger partial charge in [0.25, 0.3) is 11.8 Å². The molecule has 52 heavy (non-hydrogen) atoms. The molecule has 1 unspecified atom stereocenters. The van der Waals surface area contributed by atoms with Gasteiger partial charge in [0.05, 0.1) is 41.1 Å². The first-order chi connectivity index (χ1) is 25.1. The fraction of sp³-hybridized carbons (Fsp3) is 0.487. The third-order valence-electron chi connectivity index (χ3n) is 11.2. The number of hydrogen-bond donors (Lipinski definition) is 1. The smallest absolute Gasteiger partial charge is 0.286 e. The van der Waals surface area contributed by atoms with Crippen molar-refractivity contribution in [2.24, 2.45) is 22.1 Å². The Morgan fingerprint density at radius 3 is 2.88 bits per heavy atom. The van der Waals surface area contributed by atoms with E-state index < -0.39 is 21.7 Å². The van der Waals surface area contributed by atoms with Crippen molar-refractivity contribution in [3.8, 4) is 5.75 Å². The topological polar surface area (TPSA) is 111 Å². The summed E-state index contributed by atoms with van der Waals surface area (Å²) in [6.07, 6.45) is 9.58. The van der Waals surface area contributed by atoms with Gasteiger partial charge in [0, 0.05) is 49.2 Å². The van der Waals surface area contributed by atoms with Crippen LogP contribution in [0.5, 0.6) is 5.75 Å². The number of nitrogens with one attached hydrogen (secondary N) is 1. The molecule has 3 aromatic rings. The zero-order chi connectivity index (χ0) is 36.0. The molecular formula is C39H45ClN4O6S2. The minimum Gasteiger partial charge on any atom is -0.490 e. The minimum atomic E-state index is -3.53. The van der Waals surface area contributed by atoms with Gasteiger partial charge in [0.2, 0.25) is 0 Å². The van der Waals surface area contributed by atoms with Gasteiger partial charge >= 0.3 is 0 Å². The van der Waals surface area contributed by atoms with Gasteiger partial charge < -0.3 is 23.7 Å². The molecule has 6 atom stereocenters. The number of nitrogens with zero attached hydrogens (tertiary/aromatic N) is 3. The Balaban J connectivity index is 1.18. The fourth-order valence-electron chi connectivity index (χ4n) is 8.38. The van der Waals surface area contributed by atoms with Crippen LogP contribution in [-0.4, -0.2) is 71.6 Å². The Hall–Kier alpha value is -3.29. The number of halogens is 1. The summed E-state index contributed by atoms with van der Waals surface area (Å²) in [5.41, 5.74) is 4.82. The molecule has 5 aliphatic rings. The molecule has 8 rings (SSSR count). The maximum absolute atomic E-state index is 14.6. The molecule has 276 valence electrons. The quantitative estimate of drug-likeness (QED) is 0.296. The number of fused-ring (bicyclic) bond motifs is 5. The number of amides is 2. The SMILES string of the molecule is CO[C@H]1/C=C/C[C@H](C)CS(=O)(NC(=O)c2cc3n(c2)CCOC3)=NC(=O)c2ccc3c(c2)N(C[C@@H]2CC[C@H]21)C[C@]1(CO3)SCCc2cc(Cl)ccc21. The van der Waals surface area contributed by atoms with Crippen molar-refractivity contribution < 1.29 is 28.0 Å². The Morgan fingerprint density at radius 1 is 1.19 bits per heavy atom. The first-order valence-electron chi connectivity index (χ1n) is 18.1. The second kappa shape index (κ2) is 14.5. The van der Waals surface area contributed by atoms with E-state index in [-0.39, 0.29) is 22.5 Å². The third kappa shape index (κ3) is 7.04. The van der Waals surface area contributed by atoms with Gasteiger partial charge in [-0.05, 0) is 96.7 Å². The average Bonchev–Trinajstić information content (AvgIpc) is 3.49. The summed E-state index contributed by atoms with van der Waals surface area (Å²) >= 11 is 8.38. The number of methoxy groups -OCH3 is 1. The summed E-state index contributed by atoms with van der Waals surface area (Å²) in [7, 11) is -1.76. The number of carbonyl (C=O) groups excluding carboxylic acids is 2. The Morgan fingerprint density at radius 2 is 2.08 bits per heavy atom. The van der Waals surface area contributed by atoms with Gasteiger partial charge in [-0.15, -0.1) is 16.1 Å². The molecule has 10 nitrogen and oxygen atoms in total. The summed E-state index contributed by atoms with van der Waals surface area (Å²) in [6.45, 7) is 5.48. The maximum Gasteiger partial charge on any atom is 0.286 e. The van der Waals surface area contributed by atoms with E-state index in [2.05, 4.69) is 38.3 Å². The number of benzene rings is 2. The normalized spacial score (nSPS) is 30.8. The number of aromatic nitrogens is 1. The number of ether oxygens (including phenoxy) is 3. The predicted molar refractivity (Wildman–Crippen MR) is 205 cm³/mol. The second-order valence-electron chi connectivity index (χ2n) is 14.8. The van der Waals surface area contributed by atoms with Crippen LogP contribution in [0.1, 0.15) is 63.7 Å². The van der Waals surface area contributed by atoms with E-state index in [1.807, 2.05) is 41.5 Å². The first kappa shape index (κ1) is 35.7. The molecule has 2 aromatic carbocycles. The summed E-state index contributed by atoms with van der Waals surface area (Å²) in [5.74, 6) is 1.05. The Bertz CT molecular complexity index is 2020. The number of hydrogen-bond acceptors (Lipinski definition) is 8. The first-order valence-corrected chi connectivity index (χ1v) is 21.2.